The predicted octanol–water partition coefficient (Wildman–Crippen LogP) is 1.85. The fraction of sp³-hybridized carbons (Fsp3) is 0.0476. The number of nitrogens with one attached hydrogen (secondary N) is 1. The Morgan fingerprint density at radius 2 is 1.97 bits per heavy atom. The minimum absolute atomic E-state index is 0.0718. The van der Waals surface area contributed by atoms with Crippen molar-refractivity contribution < 1.29 is 14.7 Å². The lowest BCUT2D eigenvalue weighted by Crippen LogP contribution is -2.30. The van der Waals surface area contributed by atoms with Gasteiger partial charge in [0.25, 0.3) is 11.5 Å². The average Bonchev–Trinajstić information content (AvgIpc) is 2.97. The number of amides is 1. The van der Waals surface area contributed by atoms with Crippen LogP contribution in [0.4, 0.5) is 0 Å². The van der Waals surface area contributed by atoms with Gasteiger partial charge in [0.1, 0.15) is 0 Å². The van der Waals surface area contributed by atoms with Crippen molar-refractivity contribution in [2.45, 2.75) is 6.92 Å². The SMILES string of the molecule is Cc1[nH]n(-c2ccc(Cl)c(C(=O)O)c2)c(=O)c1/C=C1\C=c2ccccc2=NC1=O. The van der Waals surface area contributed by atoms with E-state index in [2.05, 4.69) is 10.1 Å². The second-order valence-electron chi connectivity index (χ2n) is 6.48. The molecule has 7 nitrogen and oxygen atoms in total. The number of halogens is 1. The van der Waals surface area contributed by atoms with Crippen molar-refractivity contribution in [3.8, 4) is 5.69 Å². The number of rotatable bonds is 3. The summed E-state index contributed by atoms with van der Waals surface area (Å²) in [6, 6.07) is 11.5. The molecular weight excluding hydrogens is 394 g/mol. The average molecular weight is 408 g/mol. The maximum atomic E-state index is 12.9. The van der Waals surface area contributed by atoms with Gasteiger partial charge in [0, 0.05) is 16.5 Å². The van der Waals surface area contributed by atoms with Gasteiger partial charge in [-0.2, -0.15) is 0 Å². The van der Waals surface area contributed by atoms with Crippen molar-refractivity contribution in [2.75, 3.05) is 0 Å². The molecule has 1 aliphatic heterocycles. The largest absolute Gasteiger partial charge is 0.478 e. The second-order valence-corrected chi connectivity index (χ2v) is 6.89. The molecule has 0 saturated heterocycles. The van der Waals surface area contributed by atoms with Crippen molar-refractivity contribution in [2.24, 2.45) is 4.99 Å². The summed E-state index contributed by atoms with van der Waals surface area (Å²) in [7, 11) is 0. The van der Waals surface area contributed by atoms with Crippen molar-refractivity contribution in [3.05, 3.63) is 90.8 Å². The molecule has 1 amide bonds. The summed E-state index contributed by atoms with van der Waals surface area (Å²) in [6.07, 6.45) is 3.17. The van der Waals surface area contributed by atoms with Crippen LogP contribution < -0.4 is 16.1 Å². The van der Waals surface area contributed by atoms with Crippen LogP contribution in [-0.4, -0.2) is 26.8 Å². The Labute approximate surface area is 168 Å². The van der Waals surface area contributed by atoms with Crippen LogP contribution in [0.5, 0.6) is 0 Å². The minimum Gasteiger partial charge on any atom is -0.478 e. The van der Waals surface area contributed by atoms with Gasteiger partial charge in [0.05, 0.1) is 27.2 Å². The molecule has 1 aromatic heterocycles. The number of carbonyl (C=O) groups is 2. The van der Waals surface area contributed by atoms with Crippen LogP contribution in [0.25, 0.3) is 17.8 Å². The molecule has 0 spiro atoms. The van der Waals surface area contributed by atoms with Gasteiger partial charge in [0.2, 0.25) is 0 Å². The third-order valence-electron chi connectivity index (χ3n) is 4.57. The Balaban J connectivity index is 1.84. The van der Waals surface area contributed by atoms with Gasteiger partial charge < -0.3 is 5.11 Å². The molecule has 0 bridgehead atoms. The van der Waals surface area contributed by atoms with E-state index in [0.29, 0.717) is 16.7 Å². The fourth-order valence-corrected chi connectivity index (χ4v) is 3.30. The van der Waals surface area contributed by atoms with E-state index in [1.807, 2.05) is 12.1 Å². The summed E-state index contributed by atoms with van der Waals surface area (Å²) in [5, 5.41) is 13.6. The molecule has 0 atom stereocenters. The quantitative estimate of drug-likeness (QED) is 0.646. The number of H-pyrrole nitrogens is 1. The highest BCUT2D eigenvalue weighted by atomic mass is 35.5. The smallest absolute Gasteiger partial charge is 0.337 e. The molecule has 0 unspecified atom stereocenters. The van der Waals surface area contributed by atoms with Gasteiger partial charge in [0.15, 0.2) is 0 Å². The molecule has 4 rings (SSSR count). The zero-order valence-electron chi connectivity index (χ0n) is 15.1. The number of aromatic nitrogens is 2. The molecule has 29 heavy (non-hydrogen) atoms. The summed E-state index contributed by atoms with van der Waals surface area (Å²) in [5.74, 6) is -1.63. The van der Waals surface area contributed by atoms with Gasteiger partial charge in [-0.25, -0.2) is 14.5 Å². The molecule has 0 radical (unpaired) electrons. The topological polar surface area (TPSA) is 105 Å². The zero-order valence-corrected chi connectivity index (χ0v) is 15.9. The van der Waals surface area contributed by atoms with E-state index in [9.17, 15) is 19.5 Å². The maximum absolute atomic E-state index is 12.9. The van der Waals surface area contributed by atoms with Crippen LogP contribution >= 0.6 is 11.6 Å². The maximum Gasteiger partial charge on any atom is 0.337 e. The summed E-state index contributed by atoms with van der Waals surface area (Å²) < 4.78 is 1.21. The first-order valence-corrected chi connectivity index (χ1v) is 8.99. The standard InChI is InChI=1S/C21H14ClN3O4/c1-11-15(9-13-8-12-4-2-3-5-18(12)23-19(13)26)20(27)25(24-11)14-6-7-17(22)16(10-14)21(28)29/h2-10,24H,1H3,(H,28,29)/b13-9+. The van der Waals surface area contributed by atoms with E-state index in [4.69, 9.17) is 11.6 Å². The number of para-hydroxylation sites is 1. The summed E-state index contributed by atoms with van der Waals surface area (Å²) in [5.41, 5.74) is 0.874. The number of aryl methyl sites for hydroxylation is 1. The normalized spacial score (nSPS) is 14.3. The Kier molecular flexibility index (Phi) is 4.52. The Morgan fingerprint density at radius 3 is 2.72 bits per heavy atom. The lowest BCUT2D eigenvalue weighted by molar-refractivity contribution is -0.114. The predicted molar refractivity (Wildman–Crippen MR) is 108 cm³/mol. The highest BCUT2D eigenvalue weighted by molar-refractivity contribution is 6.33. The van der Waals surface area contributed by atoms with E-state index in [1.54, 1.807) is 25.1 Å². The third-order valence-corrected chi connectivity index (χ3v) is 4.90. The highest BCUT2D eigenvalue weighted by Crippen LogP contribution is 2.20. The minimum atomic E-state index is -1.20. The number of benzene rings is 2. The first-order valence-electron chi connectivity index (χ1n) is 8.61. The first-order chi connectivity index (χ1) is 13.8. The monoisotopic (exact) mass is 407 g/mol. The molecule has 0 saturated carbocycles. The number of fused-ring (bicyclic) bond motifs is 1. The number of carboxylic acids is 1. The van der Waals surface area contributed by atoms with E-state index in [0.717, 1.165) is 5.22 Å². The number of aromatic carboxylic acids is 1. The Bertz CT molecular complexity index is 1400. The zero-order chi connectivity index (χ0) is 20.7. The van der Waals surface area contributed by atoms with E-state index in [-0.39, 0.29) is 21.7 Å². The molecule has 2 heterocycles. The second kappa shape index (κ2) is 7.03. The number of carbonyl (C=O) groups excluding carboxylic acids is 1. The molecule has 2 aromatic carbocycles. The molecular formula is C21H14ClN3O4. The summed E-state index contributed by atoms with van der Waals surface area (Å²) in [4.78, 5) is 40.7. The van der Waals surface area contributed by atoms with Gasteiger partial charge in [-0.15, -0.1) is 0 Å². The van der Waals surface area contributed by atoms with Gasteiger partial charge >= 0.3 is 5.97 Å². The number of hydrogen-bond acceptors (Lipinski definition) is 3. The highest BCUT2D eigenvalue weighted by Gasteiger charge is 2.17. The molecule has 3 aromatic rings. The van der Waals surface area contributed by atoms with Crippen LogP contribution in [0, 0.1) is 6.92 Å². The lowest BCUT2D eigenvalue weighted by Gasteiger charge is -2.04. The summed E-state index contributed by atoms with van der Waals surface area (Å²) >= 11 is 5.90. The van der Waals surface area contributed by atoms with Crippen molar-refractivity contribution in [1.82, 2.24) is 9.78 Å². The van der Waals surface area contributed by atoms with Gasteiger partial charge in [-0.05, 0) is 43.3 Å². The van der Waals surface area contributed by atoms with Crippen molar-refractivity contribution in [1.29, 1.82) is 0 Å². The van der Waals surface area contributed by atoms with E-state index >= 15 is 0 Å². The Morgan fingerprint density at radius 1 is 1.21 bits per heavy atom. The molecule has 0 fully saturated rings. The number of hydrogen-bond donors (Lipinski definition) is 2. The van der Waals surface area contributed by atoms with Crippen LogP contribution in [0.3, 0.4) is 0 Å². The van der Waals surface area contributed by atoms with Crippen molar-refractivity contribution in [3.63, 3.8) is 0 Å². The lowest BCUT2D eigenvalue weighted by atomic mass is 10.1. The summed E-state index contributed by atoms with van der Waals surface area (Å²) in [6.45, 7) is 1.69. The molecule has 2 N–H and O–H groups in total. The number of carboxylic acid groups (broad SMARTS) is 1. The van der Waals surface area contributed by atoms with E-state index in [1.165, 1.54) is 29.0 Å². The molecule has 0 aliphatic carbocycles. The van der Waals surface area contributed by atoms with Crippen molar-refractivity contribution >= 4 is 35.6 Å². The van der Waals surface area contributed by atoms with Crippen LogP contribution in [0.2, 0.25) is 5.02 Å². The van der Waals surface area contributed by atoms with Gasteiger partial charge in [-0.3, -0.25) is 14.7 Å². The Hall–Kier alpha value is -3.71. The fourth-order valence-electron chi connectivity index (χ4n) is 3.10. The van der Waals surface area contributed by atoms with Crippen LogP contribution in [0.15, 0.2) is 57.8 Å². The number of aromatic amines is 1. The van der Waals surface area contributed by atoms with Crippen LogP contribution in [-0.2, 0) is 4.79 Å². The molecule has 1 aliphatic rings. The molecule has 8 heteroatoms. The van der Waals surface area contributed by atoms with E-state index < -0.39 is 17.4 Å². The third kappa shape index (κ3) is 3.32. The van der Waals surface area contributed by atoms with Crippen LogP contribution in [0.1, 0.15) is 21.6 Å². The molecule has 144 valence electrons. The first kappa shape index (κ1) is 18.6. The van der Waals surface area contributed by atoms with Gasteiger partial charge in [-0.1, -0.05) is 29.8 Å². The number of nitrogens with zero attached hydrogens (tertiary/aromatic N) is 2.